The Balaban J connectivity index is 2.27. The molecule has 2 nitrogen and oxygen atoms in total. The molecule has 2 rings (SSSR count). The molecule has 2 aromatic carbocycles. The number of rotatable bonds is 3. The van der Waals surface area contributed by atoms with E-state index in [2.05, 4.69) is 4.74 Å². The summed E-state index contributed by atoms with van der Waals surface area (Å²) in [6, 6.07) is 5.54. The maximum atomic E-state index is 13.3. The van der Waals surface area contributed by atoms with E-state index in [1.54, 1.807) is 0 Å². The van der Waals surface area contributed by atoms with E-state index in [1.807, 2.05) is 0 Å². The lowest BCUT2D eigenvalue weighted by atomic mass is 9.97. The maximum absolute atomic E-state index is 13.3. The van der Waals surface area contributed by atoms with Gasteiger partial charge >= 0.3 is 12.5 Å². The molecule has 0 aliphatic rings. The largest absolute Gasteiger partial charge is 0.573 e. The molecule has 0 unspecified atom stereocenters. The Kier molecular flexibility index (Phi) is 4.75. The second-order valence-electron chi connectivity index (χ2n) is 4.83. The fourth-order valence-electron chi connectivity index (χ4n) is 2.02. The molecule has 0 heterocycles. The smallest absolute Gasteiger partial charge is 0.406 e. The third kappa shape index (κ3) is 4.38. The first-order valence-corrected chi connectivity index (χ1v) is 6.45. The number of halogens is 7. The summed E-state index contributed by atoms with van der Waals surface area (Å²) in [6.45, 7) is 0. The molecule has 24 heavy (non-hydrogen) atoms. The predicted octanol–water partition coefficient (Wildman–Crippen LogP) is 4.79. The quantitative estimate of drug-likeness (QED) is 0.805. The van der Waals surface area contributed by atoms with Crippen LogP contribution in [0.5, 0.6) is 5.75 Å². The Bertz CT molecular complexity index is 707. The Morgan fingerprint density at radius 2 is 1.38 bits per heavy atom. The Labute approximate surface area is 131 Å². The van der Waals surface area contributed by atoms with Gasteiger partial charge in [0.15, 0.2) is 0 Å². The van der Waals surface area contributed by atoms with Gasteiger partial charge in [-0.05, 0) is 35.4 Å². The first-order valence-electron chi connectivity index (χ1n) is 6.45. The van der Waals surface area contributed by atoms with Gasteiger partial charge in [-0.2, -0.15) is 13.2 Å². The molecule has 0 spiro atoms. The highest BCUT2D eigenvalue weighted by atomic mass is 19.4. The monoisotopic (exact) mass is 353 g/mol. The minimum atomic E-state index is -4.88. The highest BCUT2D eigenvalue weighted by Gasteiger charge is 2.34. The van der Waals surface area contributed by atoms with Gasteiger partial charge in [0.05, 0.1) is 11.6 Å². The van der Waals surface area contributed by atoms with Crippen LogP contribution in [-0.4, -0.2) is 6.36 Å². The van der Waals surface area contributed by atoms with Gasteiger partial charge in [0.1, 0.15) is 11.6 Å². The molecule has 9 heteroatoms. The second-order valence-corrected chi connectivity index (χ2v) is 4.83. The van der Waals surface area contributed by atoms with Crippen molar-refractivity contribution in [3.8, 4) is 5.75 Å². The zero-order valence-electron chi connectivity index (χ0n) is 11.8. The molecule has 130 valence electrons. The summed E-state index contributed by atoms with van der Waals surface area (Å²) in [4.78, 5) is 0. The van der Waals surface area contributed by atoms with Crippen molar-refractivity contribution in [2.45, 2.75) is 18.6 Å². The van der Waals surface area contributed by atoms with Crippen molar-refractivity contribution in [2.75, 3.05) is 0 Å². The van der Waals surface area contributed by atoms with E-state index in [1.165, 1.54) is 12.1 Å². The molecule has 0 radical (unpaired) electrons. The van der Waals surface area contributed by atoms with E-state index in [4.69, 9.17) is 5.73 Å². The standard InChI is InChI=1S/C15H10F7NO/c16-12-6-3-9(7-11(12)14(17,18)19)13(23)8-1-4-10(5-2-8)24-15(20,21)22/h1-7,13H,23H2/t13-/m1/s1. The number of benzene rings is 2. The molecule has 0 fully saturated rings. The van der Waals surface area contributed by atoms with Crippen molar-refractivity contribution < 1.29 is 35.5 Å². The summed E-state index contributed by atoms with van der Waals surface area (Å²) in [6.07, 6.45) is -9.74. The van der Waals surface area contributed by atoms with E-state index < -0.39 is 35.7 Å². The normalized spacial score (nSPS) is 13.7. The molecule has 0 aliphatic carbocycles. The number of hydrogen-bond acceptors (Lipinski definition) is 2. The molecule has 0 saturated heterocycles. The van der Waals surface area contributed by atoms with Gasteiger partial charge in [0.25, 0.3) is 0 Å². The van der Waals surface area contributed by atoms with Gasteiger partial charge in [-0.15, -0.1) is 13.2 Å². The lowest BCUT2D eigenvalue weighted by Crippen LogP contribution is -2.17. The zero-order chi connectivity index (χ0) is 18.1. The van der Waals surface area contributed by atoms with Gasteiger partial charge in [0.2, 0.25) is 0 Å². The number of alkyl halides is 6. The van der Waals surface area contributed by atoms with Crippen LogP contribution in [0.2, 0.25) is 0 Å². The van der Waals surface area contributed by atoms with Crippen molar-refractivity contribution in [2.24, 2.45) is 5.73 Å². The maximum Gasteiger partial charge on any atom is 0.573 e. The van der Waals surface area contributed by atoms with Crippen LogP contribution in [-0.2, 0) is 6.18 Å². The SMILES string of the molecule is N[C@H](c1ccc(OC(F)(F)F)cc1)c1ccc(F)c(C(F)(F)F)c1. The van der Waals surface area contributed by atoms with Gasteiger partial charge in [0, 0.05) is 0 Å². The Hall–Kier alpha value is -2.29. The second kappa shape index (κ2) is 6.31. The lowest BCUT2D eigenvalue weighted by Gasteiger charge is -2.16. The number of nitrogens with two attached hydrogens (primary N) is 1. The minimum absolute atomic E-state index is 0.0341. The van der Waals surface area contributed by atoms with Crippen molar-refractivity contribution in [3.63, 3.8) is 0 Å². The van der Waals surface area contributed by atoms with Crippen LogP contribution < -0.4 is 10.5 Å². The summed E-state index contributed by atoms with van der Waals surface area (Å²) >= 11 is 0. The molecule has 0 aromatic heterocycles. The van der Waals surface area contributed by atoms with Crippen molar-refractivity contribution in [1.82, 2.24) is 0 Å². The highest BCUT2D eigenvalue weighted by Crippen LogP contribution is 2.34. The molecule has 1 atom stereocenters. The zero-order valence-corrected chi connectivity index (χ0v) is 11.8. The highest BCUT2D eigenvalue weighted by molar-refractivity contribution is 5.37. The number of hydrogen-bond donors (Lipinski definition) is 1. The lowest BCUT2D eigenvalue weighted by molar-refractivity contribution is -0.274. The molecule has 0 amide bonds. The molecular weight excluding hydrogens is 343 g/mol. The molecule has 2 aromatic rings. The minimum Gasteiger partial charge on any atom is -0.406 e. The van der Waals surface area contributed by atoms with Crippen LogP contribution >= 0.6 is 0 Å². The average Bonchev–Trinajstić information content (AvgIpc) is 2.45. The average molecular weight is 353 g/mol. The molecule has 0 aliphatic heterocycles. The first-order chi connectivity index (χ1) is 11.0. The third-order valence-electron chi connectivity index (χ3n) is 3.13. The van der Waals surface area contributed by atoms with Crippen LogP contribution in [0.15, 0.2) is 42.5 Å². The van der Waals surface area contributed by atoms with E-state index >= 15 is 0 Å². The van der Waals surface area contributed by atoms with Gasteiger partial charge < -0.3 is 10.5 Å². The van der Waals surface area contributed by atoms with Crippen molar-refractivity contribution >= 4 is 0 Å². The predicted molar refractivity (Wildman–Crippen MR) is 70.6 cm³/mol. The van der Waals surface area contributed by atoms with Gasteiger partial charge in [-0.25, -0.2) is 4.39 Å². The molecule has 0 saturated carbocycles. The fourth-order valence-corrected chi connectivity index (χ4v) is 2.02. The first kappa shape index (κ1) is 18.1. The molecule has 2 N–H and O–H groups in total. The summed E-state index contributed by atoms with van der Waals surface area (Å²) in [5.41, 5.74) is 4.54. The van der Waals surface area contributed by atoms with E-state index in [-0.39, 0.29) is 11.1 Å². The van der Waals surface area contributed by atoms with Gasteiger partial charge in [-0.1, -0.05) is 18.2 Å². The van der Waals surface area contributed by atoms with E-state index in [9.17, 15) is 30.7 Å². The van der Waals surface area contributed by atoms with Crippen LogP contribution in [0, 0.1) is 5.82 Å². The topological polar surface area (TPSA) is 35.2 Å². The Morgan fingerprint density at radius 3 is 1.88 bits per heavy atom. The van der Waals surface area contributed by atoms with Crippen molar-refractivity contribution in [1.29, 1.82) is 0 Å². The summed E-state index contributed by atoms with van der Waals surface area (Å²) in [7, 11) is 0. The molecular formula is C15H10F7NO. The third-order valence-corrected chi connectivity index (χ3v) is 3.13. The fraction of sp³-hybridized carbons (Fsp3) is 0.200. The van der Waals surface area contributed by atoms with Crippen LogP contribution in [0.25, 0.3) is 0 Å². The van der Waals surface area contributed by atoms with Crippen LogP contribution in [0.1, 0.15) is 22.7 Å². The van der Waals surface area contributed by atoms with Crippen LogP contribution in [0.3, 0.4) is 0 Å². The van der Waals surface area contributed by atoms with Gasteiger partial charge in [-0.3, -0.25) is 0 Å². The van der Waals surface area contributed by atoms with Crippen molar-refractivity contribution in [3.05, 3.63) is 65.0 Å². The van der Waals surface area contributed by atoms with E-state index in [0.29, 0.717) is 12.1 Å². The Morgan fingerprint density at radius 1 is 0.833 bits per heavy atom. The van der Waals surface area contributed by atoms with Crippen LogP contribution in [0.4, 0.5) is 30.7 Å². The molecule has 0 bridgehead atoms. The summed E-state index contributed by atoms with van der Waals surface area (Å²) in [5.74, 6) is -1.93. The van der Waals surface area contributed by atoms with E-state index in [0.717, 1.165) is 18.2 Å². The number of ether oxygens (including phenoxy) is 1. The summed E-state index contributed by atoms with van der Waals surface area (Å²) < 4.78 is 91.3. The summed E-state index contributed by atoms with van der Waals surface area (Å²) in [5, 5.41) is 0.